The highest BCUT2D eigenvalue weighted by Crippen LogP contribution is 2.41. The van der Waals surface area contributed by atoms with Crippen LogP contribution in [0, 0.1) is 5.41 Å². The summed E-state index contributed by atoms with van der Waals surface area (Å²) in [4.78, 5) is 14.4. The molecular formula is C13H20N4O3S. The maximum Gasteiger partial charge on any atom is 0.246 e. The normalized spacial score (nSPS) is 27.7. The number of carbonyl (C=O) groups is 1. The number of nitrogens with zero attached hydrogens (tertiary/aromatic N) is 4. The second-order valence-corrected chi connectivity index (χ2v) is 7.99. The summed E-state index contributed by atoms with van der Waals surface area (Å²) in [6, 6.07) is 0. The van der Waals surface area contributed by atoms with E-state index >= 15 is 0 Å². The van der Waals surface area contributed by atoms with Gasteiger partial charge in [0.15, 0.2) is 0 Å². The predicted molar refractivity (Wildman–Crippen MR) is 75.9 cm³/mol. The summed E-state index contributed by atoms with van der Waals surface area (Å²) in [5.41, 5.74) is -0.526. The molecular weight excluding hydrogens is 292 g/mol. The van der Waals surface area contributed by atoms with Crippen molar-refractivity contribution in [2.45, 2.75) is 24.2 Å². The number of rotatable bonds is 2. The Kier molecular flexibility index (Phi) is 3.32. The summed E-state index contributed by atoms with van der Waals surface area (Å²) in [5, 5.41) is 3.92. The van der Waals surface area contributed by atoms with Gasteiger partial charge in [-0.15, -0.1) is 0 Å². The summed E-state index contributed by atoms with van der Waals surface area (Å²) in [6.45, 7) is 1.44. The Labute approximate surface area is 124 Å². The summed E-state index contributed by atoms with van der Waals surface area (Å²) in [6.07, 6.45) is 5.16. The molecule has 1 aromatic rings. The van der Waals surface area contributed by atoms with Gasteiger partial charge in [0.05, 0.1) is 11.6 Å². The number of carbonyl (C=O) groups excluding carboxylic acids is 1. The highest BCUT2D eigenvalue weighted by atomic mass is 32.2. The molecule has 21 heavy (non-hydrogen) atoms. The predicted octanol–water partition coefficient (Wildman–Crippen LogP) is 0.0531. The first-order valence-corrected chi connectivity index (χ1v) is 8.54. The third kappa shape index (κ3) is 2.26. The highest BCUT2D eigenvalue weighted by molar-refractivity contribution is 7.89. The minimum Gasteiger partial charge on any atom is -0.345 e. The fourth-order valence-corrected chi connectivity index (χ4v) is 4.88. The molecule has 7 nitrogen and oxygen atoms in total. The molecule has 8 heteroatoms. The van der Waals surface area contributed by atoms with E-state index in [9.17, 15) is 13.2 Å². The van der Waals surface area contributed by atoms with Crippen molar-refractivity contribution in [1.29, 1.82) is 0 Å². The van der Waals surface area contributed by atoms with Gasteiger partial charge in [-0.05, 0) is 19.3 Å². The van der Waals surface area contributed by atoms with Gasteiger partial charge in [-0.1, -0.05) is 0 Å². The SMILES string of the molecule is CN1CCC[C@@]2(CCN(S(=O)(=O)c3cnn(C)c3)C2)C1=O. The Morgan fingerprint density at radius 3 is 2.67 bits per heavy atom. The number of aromatic nitrogens is 2. The van der Waals surface area contributed by atoms with Crippen molar-refractivity contribution < 1.29 is 13.2 Å². The highest BCUT2D eigenvalue weighted by Gasteiger charge is 2.50. The quantitative estimate of drug-likeness (QED) is 0.773. The number of amides is 1. The Morgan fingerprint density at radius 2 is 2.00 bits per heavy atom. The molecule has 116 valence electrons. The Morgan fingerprint density at radius 1 is 1.24 bits per heavy atom. The molecule has 1 aromatic heterocycles. The summed E-state index contributed by atoms with van der Waals surface area (Å²) in [5.74, 6) is 0.0811. The van der Waals surface area contributed by atoms with Crippen molar-refractivity contribution in [3.63, 3.8) is 0 Å². The molecule has 0 aromatic carbocycles. The van der Waals surface area contributed by atoms with Crippen LogP contribution in [-0.2, 0) is 21.9 Å². The van der Waals surface area contributed by atoms with E-state index in [1.54, 1.807) is 19.0 Å². The second-order valence-electron chi connectivity index (χ2n) is 6.05. The van der Waals surface area contributed by atoms with Crippen molar-refractivity contribution >= 4 is 15.9 Å². The van der Waals surface area contributed by atoms with Crippen LogP contribution in [0.2, 0.25) is 0 Å². The summed E-state index contributed by atoms with van der Waals surface area (Å²) < 4.78 is 28.1. The van der Waals surface area contributed by atoms with Gasteiger partial charge in [-0.25, -0.2) is 8.42 Å². The molecule has 0 aliphatic carbocycles. The lowest BCUT2D eigenvalue weighted by atomic mass is 9.78. The number of hydrogen-bond donors (Lipinski definition) is 0. The molecule has 1 atom stereocenters. The van der Waals surface area contributed by atoms with Crippen LogP contribution in [0.1, 0.15) is 19.3 Å². The van der Waals surface area contributed by atoms with Crippen LogP contribution in [0.5, 0.6) is 0 Å². The first-order chi connectivity index (χ1) is 9.85. The van der Waals surface area contributed by atoms with Gasteiger partial charge < -0.3 is 4.90 Å². The molecule has 2 fully saturated rings. The van der Waals surface area contributed by atoms with Crippen LogP contribution in [0.25, 0.3) is 0 Å². The number of hydrogen-bond acceptors (Lipinski definition) is 4. The molecule has 1 amide bonds. The van der Waals surface area contributed by atoms with Gasteiger partial charge in [0, 0.05) is 39.9 Å². The Bertz CT molecular complexity index is 669. The van der Waals surface area contributed by atoms with Gasteiger partial charge in [0.1, 0.15) is 4.90 Å². The van der Waals surface area contributed by atoms with Crippen molar-refractivity contribution in [3.8, 4) is 0 Å². The minimum atomic E-state index is -3.55. The van der Waals surface area contributed by atoms with E-state index in [0.29, 0.717) is 13.0 Å². The van der Waals surface area contributed by atoms with Gasteiger partial charge in [0.25, 0.3) is 0 Å². The number of sulfonamides is 1. The largest absolute Gasteiger partial charge is 0.345 e. The molecule has 0 radical (unpaired) electrons. The van der Waals surface area contributed by atoms with Gasteiger partial charge >= 0.3 is 0 Å². The summed E-state index contributed by atoms with van der Waals surface area (Å²) in [7, 11) is -0.0771. The Balaban J connectivity index is 1.85. The number of aryl methyl sites for hydroxylation is 1. The minimum absolute atomic E-state index is 0.0811. The van der Waals surface area contributed by atoms with E-state index in [4.69, 9.17) is 0 Å². The zero-order valence-electron chi connectivity index (χ0n) is 12.3. The lowest BCUT2D eigenvalue weighted by Gasteiger charge is -2.37. The van der Waals surface area contributed by atoms with E-state index in [0.717, 1.165) is 19.4 Å². The van der Waals surface area contributed by atoms with Crippen molar-refractivity contribution in [1.82, 2.24) is 19.0 Å². The third-order valence-electron chi connectivity index (χ3n) is 4.59. The Hall–Kier alpha value is -1.41. The lowest BCUT2D eigenvalue weighted by molar-refractivity contribution is -0.143. The van der Waals surface area contributed by atoms with E-state index in [2.05, 4.69) is 5.10 Å². The molecule has 3 heterocycles. The molecule has 3 rings (SSSR count). The molecule has 0 N–H and O–H groups in total. The van der Waals surface area contributed by atoms with Gasteiger partial charge in [-0.2, -0.15) is 9.40 Å². The van der Waals surface area contributed by atoms with Crippen molar-refractivity contribution in [2.75, 3.05) is 26.7 Å². The van der Waals surface area contributed by atoms with Gasteiger partial charge in [-0.3, -0.25) is 9.48 Å². The molecule has 0 unspecified atom stereocenters. The smallest absolute Gasteiger partial charge is 0.246 e. The van der Waals surface area contributed by atoms with Crippen LogP contribution in [-0.4, -0.2) is 60.0 Å². The molecule has 0 saturated carbocycles. The average molecular weight is 312 g/mol. The topological polar surface area (TPSA) is 75.5 Å². The average Bonchev–Trinajstić information content (AvgIpc) is 3.04. The molecule has 2 aliphatic heterocycles. The van der Waals surface area contributed by atoms with Gasteiger partial charge in [0.2, 0.25) is 15.9 Å². The number of likely N-dealkylation sites (tertiary alicyclic amines) is 1. The standard InChI is InChI=1S/C13H20N4O3S/c1-15-6-3-4-13(12(15)18)5-7-17(10-13)21(19,20)11-8-14-16(2)9-11/h8-9H,3-7,10H2,1-2H3/t13-/m0/s1. The monoisotopic (exact) mass is 312 g/mol. The second kappa shape index (κ2) is 4.81. The molecule has 2 saturated heterocycles. The van der Waals surface area contributed by atoms with E-state index in [1.807, 2.05) is 0 Å². The van der Waals surface area contributed by atoms with Crippen LogP contribution >= 0.6 is 0 Å². The van der Waals surface area contributed by atoms with E-state index in [1.165, 1.54) is 21.4 Å². The van der Waals surface area contributed by atoms with E-state index in [-0.39, 0.29) is 17.3 Å². The third-order valence-corrected chi connectivity index (χ3v) is 6.39. The van der Waals surface area contributed by atoms with Crippen LogP contribution in [0.3, 0.4) is 0 Å². The molecule has 2 aliphatic rings. The summed E-state index contributed by atoms with van der Waals surface area (Å²) >= 11 is 0. The zero-order valence-corrected chi connectivity index (χ0v) is 13.1. The molecule has 0 bridgehead atoms. The first-order valence-electron chi connectivity index (χ1n) is 7.10. The fourth-order valence-electron chi connectivity index (χ4n) is 3.37. The molecule has 1 spiro atoms. The maximum absolute atomic E-state index is 12.6. The van der Waals surface area contributed by atoms with Crippen molar-refractivity contribution in [3.05, 3.63) is 12.4 Å². The lowest BCUT2D eigenvalue weighted by Crippen LogP contribution is -2.48. The van der Waals surface area contributed by atoms with Crippen LogP contribution < -0.4 is 0 Å². The van der Waals surface area contributed by atoms with Crippen LogP contribution in [0.4, 0.5) is 0 Å². The van der Waals surface area contributed by atoms with E-state index < -0.39 is 15.4 Å². The van der Waals surface area contributed by atoms with Crippen molar-refractivity contribution in [2.24, 2.45) is 12.5 Å². The zero-order chi connectivity index (χ0) is 15.3. The fraction of sp³-hybridized carbons (Fsp3) is 0.692. The maximum atomic E-state index is 12.6. The first kappa shape index (κ1) is 14.5. The van der Waals surface area contributed by atoms with Crippen LogP contribution in [0.15, 0.2) is 17.3 Å². The number of piperidine rings is 1.